The first-order valence-corrected chi connectivity index (χ1v) is 5.43. The van der Waals surface area contributed by atoms with Crippen LogP contribution >= 0.6 is 11.8 Å². The summed E-state index contributed by atoms with van der Waals surface area (Å²) in [7, 11) is 0. The fraction of sp³-hybridized carbons (Fsp3) is 0.500. The molecule has 0 amide bonds. The first kappa shape index (κ1) is 9.59. The van der Waals surface area contributed by atoms with Crippen LogP contribution in [0.2, 0.25) is 0 Å². The number of aryl methyl sites for hydroxylation is 1. The van der Waals surface area contributed by atoms with Crippen molar-refractivity contribution in [2.24, 2.45) is 0 Å². The molecule has 0 radical (unpaired) electrons. The monoisotopic (exact) mass is 181 g/mol. The van der Waals surface area contributed by atoms with Gasteiger partial charge in [0.05, 0.1) is 5.03 Å². The van der Waals surface area contributed by atoms with Gasteiger partial charge in [-0.15, -0.1) is 11.8 Å². The molecule has 0 spiro atoms. The summed E-state index contributed by atoms with van der Waals surface area (Å²) in [6.07, 6.45) is 4.21. The molecule has 66 valence electrons. The highest BCUT2D eigenvalue weighted by Crippen LogP contribution is 2.16. The lowest BCUT2D eigenvalue weighted by atomic mass is 10.2. The first-order chi connectivity index (χ1) is 5.86. The molecule has 1 nitrogen and oxygen atoms in total. The van der Waals surface area contributed by atoms with Gasteiger partial charge in [0.15, 0.2) is 0 Å². The van der Waals surface area contributed by atoms with E-state index in [0.717, 1.165) is 11.4 Å². The van der Waals surface area contributed by atoms with Gasteiger partial charge >= 0.3 is 0 Å². The van der Waals surface area contributed by atoms with Gasteiger partial charge in [0.1, 0.15) is 0 Å². The third-order valence-electron chi connectivity index (χ3n) is 1.66. The van der Waals surface area contributed by atoms with E-state index in [2.05, 4.69) is 31.0 Å². The molecule has 0 aromatic carbocycles. The smallest absolute Gasteiger partial charge is 0.0962 e. The summed E-state index contributed by atoms with van der Waals surface area (Å²) < 4.78 is 0. The molecule has 0 saturated carbocycles. The maximum Gasteiger partial charge on any atom is 0.0962 e. The normalized spacial score (nSPS) is 10.2. The average Bonchev–Trinajstić information content (AvgIpc) is 2.15. The second-order valence-electron chi connectivity index (χ2n) is 2.70. The summed E-state index contributed by atoms with van der Waals surface area (Å²) in [5.74, 6) is 1.17. The molecule has 0 aliphatic heterocycles. The molecule has 0 unspecified atom stereocenters. The Kier molecular flexibility index (Phi) is 4.15. The van der Waals surface area contributed by atoms with Crippen molar-refractivity contribution in [3.8, 4) is 0 Å². The summed E-state index contributed by atoms with van der Waals surface area (Å²) in [5, 5.41) is 1.16. The Bertz CT molecular complexity index is 235. The Morgan fingerprint density at radius 3 is 2.92 bits per heavy atom. The van der Waals surface area contributed by atoms with Gasteiger partial charge in [0.2, 0.25) is 0 Å². The number of hydrogen-bond donors (Lipinski definition) is 0. The quantitative estimate of drug-likeness (QED) is 0.662. The van der Waals surface area contributed by atoms with Gasteiger partial charge in [-0.05, 0) is 36.3 Å². The van der Waals surface area contributed by atoms with Crippen LogP contribution in [0.3, 0.4) is 0 Å². The Morgan fingerprint density at radius 2 is 2.25 bits per heavy atom. The second-order valence-corrected chi connectivity index (χ2v) is 3.82. The summed E-state index contributed by atoms with van der Waals surface area (Å²) in [4.78, 5) is 4.29. The standard InChI is InChI=1S/C10H15NS/c1-3-7-12-10-8-9(4-2)5-6-11-10/h5-6,8H,3-4,7H2,1-2H3. The number of thioether (sulfide) groups is 1. The molecule has 0 aliphatic carbocycles. The predicted octanol–water partition coefficient (Wildman–Crippen LogP) is 3.15. The molecule has 0 fully saturated rings. The highest BCUT2D eigenvalue weighted by molar-refractivity contribution is 7.99. The van der Waals surface area contributed by atoms with Gasteiger partial charge in [-0.2, -0.15) is 0 Å². The topological polar surface area (TPSA) is 12.9 Å². The maximum absolute atomic E-state index is 4.29. The van der Waals surface area contributed by atoms with Crippen molar-refractivity contribution in [2.75, 3.05) is 5.75 Å². The first-order valence-electron chi connectivity index (χ1n) is 4.44. The molecule has 0 N–H and O–H groups in total. The van der Waals surface area contributed by atoms with E-state index in [-0.39, 0.29) is 0 Å². The lowest BCUT2D eigenvalue weighted by Crippen LogP contribution is -1.85. The largest absolute Gasteiger partial charge is 0.250 e. The van der Waals surface area contributed by atoms with E-state index in [1.807, 2.05) is 18.0 Å². The lowest BCUT2D eigenvalue weighted by molar-refractivity contribution is 1.04. The number of pyridine rings is 1. The van der Waals surface area contributed by atoms with Crippen molar-refractivity contribution in [1.82, 2.24) is 4.98 Å². The van der Waals surface area contributed by atoms with Crippen molar-refractivity contribution < 1.29 is 0 Å². The highest BCUT2D eigenvalue weighted by atomic mass is 32.2. The Morgan fingerprint density at radius 1 is 1.42 bits per heavy atom. The van der Waals surface area contributed by atoms with E-state index >= 15 is 0 Å². The molecule has 1 heterocycles. The van der Waals surface area contributed by atoms with Crippen LogP contribution in [0.15, 0.2) is 23.4 Å². The van der Waals surface area contributed by atoms with Gasteiger partial charge in [0.25, 0.3) is 0 Å². The average molecular weight is 181 g/mol. The van der Waals surface area contributed by atoms with Gasteiger partial charge in [-0.25, -0.2) is 4.98 Å². The molecule has 12 heavy (non-hydrogen) atoms. The van der Waals surface area contributed by atoms with Crippen LogP contribution in [-0.4, -0.2) is 10.7 Å². The van der Waals surface area contributed by atoms with Gasteiger partial charge in [-0.1, -0.05) is 13.8 Å². The van der Waals surface area contributed by atoms with E-state index in [1.54, 1.807) is 0 Å². The van der Waals surface area contributed by atoms with Crippen molar-refractivity contribution in [2.45, 2.75) is 31.7 Å². The van der Waals surface area contributed by atoms with Crippen molar-refractivity contribution in [1.29, 1.82) is 0 Å². The van der Waals surface area contributed by atoms with Crippen LogP contribution in [0.25, 0.3) is 0 Å². The fourth-order valence-corrected chi connectivity index (χ4v) is 1.74. The van der Waals surface area contributed by atoms with E-state index < -0.39 is 0 Å². The number of rotatable bonds is 4. The van der Waals surface area contributed by atoms with Gasteiger partial charge in [-0.3, -0.25) is 0 Å². The number of hydrogen-bond acceptors (Lipinski definition) is 2. The number of nitrogens with zero attached hydrogens (tertiary/aromatic N) is 1. The van der Waals surface area contributed by atoms with Crippen molar-refractivity contribution in [3.63, 3.8) is 0 Å². The summed E-state index contributed by atoms with van der Waals surface area (Å²) in [6.45, 7) is 4.36. The minimum absolute atomic E-state index is 1.10. The van der Waals surface area contributed by atoms with Crippen LogP contribution in [0.1, 0.15) is 25.8 Å². The molecule has 0 aliphatic rings. The molecule has 1 aromatic heterocycles. The Hall–Kier alpha value is -0.500. The third kappa shape index (κ3) is 2.86. The molecule has 0 bridgehead atoms. The molecule has 0 saturated heterocycles. The summed E-state index contributed by atoms with van der Waals surface area (Å²) >= 11 is 1.84. The van der Waals surface area contributed by atoms with Crippen LogP contribution in [0.4, 0.5) is 0 Å². The van der Waals surface area contributed by atoms with E-state index in [1.165, 1.54) is 17.7 Å². The lowest BCUT2D eigenvalue weighted by Gasteiger charge is -2.00. The molecular weight excluding hydrogens is 166 g/mol. The predicted molar refractivity (Wildman–Crippen MR) is 54.6 cm³/mol. The van der Waals surface area contributed by atoms with Crippen molar-refractivity contribution >= 4 is 11.8 Å². The molecule has 1 aromatic rings. The fourth-order valence-electron chi connectivity index (χ4n) is 0.956. The minimum atomic E-state index is 1.10. The van der Waals surface area contributed by atoms with E-state index in [4.69, 9.17) is 0 Å². The van der Waals surface area contributed by atoms with Crippen LogP contribution in [0, 0.1) is 0 Å². The van der Waals surface area contributed by atoms with Crippen LogP contribution < -0.4 is 0 Å². The van der Waals surface area contributed by atoms with E-state index in [0.29, 0.717) is 0 Å². The zero-order valence-corrected chi connectivity index (χ0v) is 8.53. The summed E-state index contributed by atoms with van der Waals surface area (Å²) in [5.41, 5.74) is 1.38. The molecule has 2 heteroatoms. The van der Waals surface area contributed by atoms with Crippen LogP contribution in [-0.2, 0) is 6.42 Å². The minimum Gasteiger partial charge on any atom is -0.250 e. The number of aromatic nitrogens is 1. The SMILES string of the molecule is CCCSc1cc(CC)ccn1. The van der Waals surface area contributed by atoms with E-state index in [9.17, 15) is 0 Å². The van der Waals surface area contributed by atoms with Crippen molar-refractivity contribution in [3.05, 3.63) is 23.9 Å². The Labute approximate surface area is 78.6 Å². The molecular formula is C10H15NS. The molecule has 1 rings (SSSR count). The maximum atomic E-state index is 4.29. The van der Waals surface area contributed by atoms with Gasteiger partial charge in [0, 0.05) is 6.20 Å². The molecule has 0 atom stereocenters. The zero-order chi connectivity index (χ0) is 8.81. The third-order valence-corrected chi connectivity index (χ3v) is 2.79. The summed E-state index contributed by atoms with van der Waals surface area (Å²) in [6, 6.07) is 4.26. The highest BCUT2D eigenvalue weighted by Gasteiger charge is 1.95. The van der Waals surface area contributed by atoms with Gasteiger partial charge < -0.3 is 0 Å². The Balaban J connectivity index is 2.60. The van der Waals surface area contributed by atoms with Crippen LogP contribution in [0.5, 0.6) is 0 Å². The second kappa shape index (κ2) is 5.20. The zero-order valence-electron chi connectivity index (χ0n) is 7.71.